The monoisotopic (exact) mass is 298 g/mol. The number of hydrogen-bond donors (Lipinski definition) is 0. The molecule has 4 rings (SSSR count). The van der Waals surface area contributed by atoms with Crippen molar-refractivity contribution >= 4 is 0 Å². The molecule has 0 bridgehead atoms. The van der Waals surface area contributed by atoms with Gasteiger partial charge in [0.25, 0.3) is 0 Å². The van der Waals surface area contributed by atoms with Crippen LogP contribution in [0.15, 0.2) is 78.9 Å². The summed E-state index contributed by atoms with van der Waals surface area (Å²) in [6, 6.07) is 28.9. The third-order valence-corrected chi connectivity index (χ3v) is 5.06. The smallest absolute Gasteiger partial charge is 0.0121 e. The van der Waals surface area contributed by atoms with Crippen LogP contribution in [0.2, 0.25) is 0 Å². The van der Waals surface area contributed by atoms with Crippen molar-refractivity contribution in [1.29, 1.82) is 0 Å². The largest absolute Gasteiger partial charge is 0.0622 e. The van der Waals surface area contributed by atoms with Gasteiger partial charge in [-0.15, -0.1) is 0 Å². The van der Waals surface area contributed by atoms with Gasteiger partial charge in [-0.3, -0.25) is 0 Å². The van der Waals surface area contributed by atoms with Crippen molar-refractivity contribution in [2.24, 2.45) is 0 Å². The van der Waals surface area contributed by atoms with Gasteiger partial charge in [0.2, 0.25) is 0 Å². The Hall–Kier alpha value is -2.34. The van der Waals surface area contributed by atoms with E-state index in [-0.39, 0.29) is 0 Å². The standard InChI is InChI=1S/C23H22/c1-2-9-18(10-3-1)20-14-8-13-19-11-4-6-15-22(19)23-16-7-5-12-21(23)17-20/h1-7,9-12,15-16,20H,8,13-14,17H2. The highest BCUT2D eigenvalue weighted by atomic mass is 14.2. The summed E-state index contributed by atoms with van der Waals surface area (Å²) in [4.78, 5) is 0. The second kappa shape index (κ2) is 6.42. The summed E-state index contributed by atoms with van der Waals surface area (Å²) in [6.07, 6.45) is 4.82. The number of hydrogen-bond acceptors (Lipinski definition) is 0. The summed E-state index contributed by atoms with van der Waals surface area (Å²) >= 11 is 0. The Balaban J connectivity index is 1.80. The lowest BCUT2D eigenvalue weighted by Gasteiger charge is -2.18. The molecule has 0 aromatic heterocycles. The fourth-order valence-corrected chi connectivity index (χ4v) is 3.88. The molecule has 0 heterocycles. The molecule has 0 spiro atoms. The predicted octanol–water partition coefficient (Wildman–Crippen LogP) is 6.02. The zero-order valence-corrected chi connectivity index (χ0v) is 13.4. The average molecular weight is 298 g/mol. The first-order valence-corrected chi connectivity index (χ1v) is 8.63. The normalized spacial score (nSPS) is 17.3. The van der Waals surface area contributed by atoms with Crippen LogP contribution >= 0.6 is 0 Å². The molecule has 23 heavy (non-hydrogen) atoms. The van der Waals surface area contributed by atoms with E-state index < -0.39 is 0 Å². The Labute approximate surface area is 138 Å². The van der Waals surface area contributed by atoms with Crippen LogP contribution in [0.1, 0.15) is 35.4 Å². The zero-order valence-electron chi connectivity index (χ0n) is 13.4. The van der Waals surface area contributed by atoms with Crippen LogP contribution in [0.25, 0.3) is 11.1 Å². The minimum Gasteiger partial charge on any atom is -0.0622 e. The van der Waals surface area contributed by atoms with Crippen LogP contribution in [0.3, 0.4) is 0 Å². The fourth-order valence-electron chi connectivity index (χ4n) is 3.88. The third-order valence-electron chi connectivity index (χ3n) is 5.06. The molecule has 3 aromatic carbocycles. The highest BCUT2D eigenvalue weighted by Crippen LogP contribution is 2.35. The molecule has 114 valence electrons. The first-order chi connectivity index (χ1) is 11.4. The van der Waals surface area contributed by atoms with Crippen LogP contribution < -0.4 is 0 Å². The van der Waals surface area contributed by atoms with Crippen LogP contribution in [-0.4, -0.2) is 0 Å². The lowest BCUT2D eigenvalue weighted by atomic mass is 9.86. The second-order valence-corrected chi connectivity index (χ2v) is 6.52. The summed E-state index contributed by atoms with van der Waals surface area (Å²) in [5.41, 5.74) is 7.31. The third kappa shape index (κ3) is 2.94. The van der Waals surface area contributed by atoms with Crippen LogP contribution in [0.4, 0.5) is 0 Å². The van der Waals surface area contributed by atoms with E-state index in [1.807, 2.05) is 0 Å². The van der Waals surface area contributed by atoms with Gasteiger partial charge in [0.05, 0.1) is 0 Å². The highest BCUT2D eigenvalue weighted by molar-refractivity contribution is 5.71. The van der Waals surface area contributed by atoms with E-state index in [4.69, 9.17) is 0 Å². The van der Waals surface area contributed by atoms with Crippen molar-refractivity contribution < 1.29 is 0 Å². The number of rotatable bonds is 1. The molecule has 0 radical (unpaired) electrons. The topological polar surface area (TPSA) is 0 Å². The van der Waals surface area contributed by atoms with Gasteiger partial charge in [-0.05, 0) is 59.4 Å². The van der Waals surface area contributed by atoms with Gasteiger partial charge in [0.1, 0.15) is 0 Å². The molecule has 0 aliphatic heterocycles. The Bertz CT molecular complexity index is 786. The Morgan fingerprint density at radius 3 is 2.00 bits per heavy atom. The molecule has 0 N–H and O–H groups in total. The van der Waals surface area contributed by atoms with Gasteiger partial charge in [-0.1, -0.05) is 78.9 Å². The number of aryl methyl sites for hydroxylation is 1. The minimum atomic E-state index is 0.617. The number of benzene rings is 3. The molecule has 1 unspecified atom stereocenters. The van der Waals surface area contributed by atoms with Gasteiger partial charge in [0, 0.05) is 0 Å². The Kier molecular flexibility index (Phi) is 3.98. The molecule has 1 aliphatic carbocycles. The van der Waals surface area contributed by atoms with E-state index in [1.54, 1.807) is 0 Å². The van der Waals surface area contributed by atoms with Gasteiger partial charge < -0.3 is 0 Å². The maximum absolute atomic E-state index is 2.31. The molecule has 0 heteroatoms. The van der Waals surface area contributed by atoms with E-state index in [0.29, 0.717) is 5.92 Å². The molecule has 0 fully saturated rings. The van der Waals surface area contributed by atoms with Crippen molar-refractivity contribution in [2.75, 3.05) is 0 Å². The van der Waals surface area contributed by atoms with E-state index in [0.717, 1.165) is 6.42 Å². The minimum absolute atomic E-state index is 0.617. The molecule has 0 amide bonds. The van der Waals surface area contributed by atoms with Gasteiger partial charge in [0.15, 0.2) is 0 Å². The molecule has 3 aromatic rings. The predicted molar refractivity (Wildman–Crippen MR) is 97.7 cm³/mol. The summed E-state index contributed by atoms with van der Waals surface area (Å²) < 4.78 is 0. The first kappa shape index (κ1) is 14.3. The second-order valence-electron chi connectivity index (χ2n) is 6.52. The quantitative estimate of drug-likeness (QED) is 0.515. The lowest BCUT2D eigenvalue weighted by Crippen LogP contribution is -2.03. The Morgan fingerprint density at radius 1 is 0.609 bits per heavy atom. The van der Waals surface area contributed by atoms with Crippen molar-refractivity contribution in [1.82, 2.24) is 0 Å². The van der Waals surface area contributed by atoms with Gasteiger partial charge in [-0.25, -0.2) is 0 Å². The molecular formula is C23H22. The van der Waals surface area contributed by atoms with E-state index >= 15 is 0 Å². The zero-order chi connectivity index (χ0) is 15.5. The molecule has 0 saturated carbocycles. The fraction of sp³-hybridized carbons (Fsp3) is 0.217. The van der Waals surface area contributed by atoms with Crippen LogP contribution in [0.5, 0.6) is 0 Å². The van der Waals surface area contributed by atoms with Crippen molar-refractivity contribution in [2.45, 2.75) is 31.6 Å². The van der Waals surface area contributed by atoms with E-state index in [1.165, 1.54) is 47.1 Å². The van der Waals surface area contributed by atoms with Crippen molar-refractivity contribution in [3.8, 4) is 11.1 Å². The SMILES string of the molecule is c1ccc(C2CCCc3ccccc3-c3ccccc3C2)cc1. The summed E-state index contributed by atoms with van der Waals surface area (Å²) in [5.74, 6) is 0.617. The van der Waals surface area contributed by atoms with Crippen molar-refractivity contribution in [3.63, 3.8) is 0 Å². The van der Waals surface area contributed by atoms with Gasteiger partial charge in [-0.2, -0.15) is 0 Å². The van der Waals surface area contributed by atoms with Gasteiger partial charge >= 0.3 is 0 Å². The molecule has 1 atom stereocenters. The van der Waals surface area contributed by atoms with Crippen LogP contribution in [0, 0.1) is 0 Å². The summed E-state index contributed by atoms with van der Waals surface area (Å²) in [6.45, 7) is 0. The van der Waals surface area contributed by atoms with E-state index in [2.05, 4.69) is 78.9 Å². The number of fused-ring (bicyclic) bond motifs is 3. The Morgan fingerprint density at radius 2 is 1.22 bits per heavy atom. The molecule has 1 aliphatic rings. The maximum atomic E-state index is 2.31. The lowest BCUT2D eigenvalue weighted by molar-refractivity contribution is 0.591. The summed E-state index contributed by atoms with van der Waals surface area (Å²) in [7, 11) is 0. The highest BCUT2D eigenvalue weighted by Gasteiger charge is 2.18. The maximum Gasteiger partial charge on any atom is -0.0121 e. The molecular weight excluding hydrogens is 276 g/mol. The molecule has 0 saturated heterocycles. The van der Waals surface area contributed by atoms with Crippen LogP contribution in [-0.2, 0) is 12.8 Å². The van der Waals surface area contributed by atoms with Crippen molar-refractivity contribution in [3.05, 3.63) is 95.6 Å². The summed E-state index contributed by atoms with van der Waals surface area (Å²) in [5, 5.41) is 0. The molecule has 0 nitrogen and oxygen atoms in total. The first-order valence-electron chi connectivity index (χ1n) is 8.63. The average Bonchev–Trinajstić information content (AvgIpc) is 2.70. The van der Waals surface area contributed by atoms with E-state index in [9.17, 15) is 0 Å².